The standard InChI is InChI=1S/C19H19FN4O3S2/c20-15-11-14(5-6-16(15)23-9-7-21-13-23)12-22-19(25)17-3-1-8-24(17)29(26,27)18-4-2-10-28-18/h2,4-7,9-11,13,17H,1,3,8,12H2,(H,22,25). The predicted molar refractivity (Wildman–Crippen MR) is 107 cm³/mol. The molecule has 1 N–H and O–H groups in total. The van der Waals surface area contributed by atoms with Crippen molar-refractivity contribution in [2.45, 2.75) is 29.6 Å². The zero-order chi connectivity index (χ0) is 20.4. The Morgan fingerprint density at radius 1 is 1.34 bits per heavy atom. The van der Waals surface area contributed by atoms with Crippen LogP contribution in [0, 0.1) is 5.82 Å². The molecule has 1 amide bonds. The average Bonchev–Trinajstić information content (AvgIpc) is 3.48. The molecule has 0 spiro atoms. The van der Waals surface area contributed by atoms with E-state index in [2.05, 4.69) is 10.3 Å². The van der Waals surface area contributed by atoms with Gasteiger partial charge in [-0.15, -0.1) is 11.3 Å². The van der Waals surface area contributed by atoms with Gasteiger partial charge in [-0.2, -0.15) is 4.31 Å². The highest BCUT2D eigenvalue weighted by Gasteiger charge is 2.39. The van der Waals surface area contributed by atoms with E-state index in [1.165, 1.54) is 22.8 Å². The fraction of sp³-hybridized carbons (Fsp3) is 0.263. The summed E-state index contributed by atoms with van der Waals surface area (Å²) >= 11 is 1.13. The Labute approximate surface area is 171 Å². The van der Waals surface area contributed by atoms with Gasteiger partial charge in [0.25, 0.3) is 10.0 Å². The molecular formula is C19H19FN4O3S2. The van der Waals surface area contributed by atoms with Gasteiger partial charge >= 0.3 is 0 Å². The van der Waals surface area contributed by atoms with Crippen LogP contribution in [0.3, 0.4) is 0 Å². The van der Waals surface area contributed by atoms with Crippen LogP contribution < -0.4 is 5.32 Å². The molecular weight excluding hydrogens is 415 g/mol. The summed E-state index contributed by atoms with van der Waals surface area (Å²) in [5.41, 5.74) is 0.951. The lowest BCUT2D eigenvalue weighted by Gasteiger charge is -2.22. The molecule has 2 aromatic heterocycles. The van der Waals surface area contributed by atoms with E-state index in [0.29, 0.717) is 30.6 Å². The number of carbonyl (C=O) groups is 1. The van der Waals surface area contributed by atoms with Gasteiger partial charge in [0.2, 0.25) is 5.91 Å². The van der Waals surface area contributed by atoms with Crippen molar-refractivity contribution in [2.24, 2.45) is 0 Å². The normalized spacial score (nSPS) is 17.5. The maximum absolute atomic E-state index is 14.4. The summed E-state index contributed by atoms with van der Waals surface area (Å²) in [5.74, 6) is -0.806. The number of thiophene rings is 1. The Bertz CT molecular complexity index is 1100. The Hall–Kier alpha value is -2.56. The first-order chi connectivity index (χ1) is 14.0. The third-order valence-electron chi connectivity index (χ3n) is 4.83. The molecule has 1 aliphatic heterocycles. The number of nitrogens with one attached hydrogen (secondary N) is 1. The van der Waals surface area contributed by atoms with Crippen LogP contribution in [0.15, 0.2) is 58.6 Å². The molecule has 0 bridgehead atoms. The molecule has 152 valence electrons. The molecule has 0 saturated carbocycles. The number of sulfonamides is 1. The number of rotatable bonds is 6. The number of amides is 1. The van der Waals surface area contributed by atoms with Crippen molar-refractivity contribution >= 4 is 27.3 Å². The van der Waals surface area contributed by atoms with Crippen LogP contribution in [0.2, 0.25) is 0 Å². The molecule has 4 rings (SSSR count). The number of carbonyl (C=O) groups excluding carboxylic acids is 1. The lowest BCUT2D eigenvalue weighted by molar-refractivity contribution is -0.124. The Morgan fingerprint density at radius 2 is 2.21 bits per heavy atom. The van der Waals surface area contributed by atoms with E-state index < -0.39 is 21.9 Å². The van der Waals surface area contributed by atoms with Gasteiger partial charge in [0.15, 0.2) is 0 Å². The number of hydrogen-bond acceptors (Lipinski definition) is 5. The van der Waals surface area contributed by atoms with Gasteiger partial charge in [-0.3, -0.25) is 4.79 Å². The van der Waals surface area contributed by atoms with Crippen molar-refractivity contribution in [3.8, 4) is 5.69 Å². The summed E-state index contributed by atoms with van der Waals surface area (Å²) in [5, 5.41) is 4.44. The predicted octanol–water partition coefficient (Wildman–Crippen LogP) is 2.54. The minimum Gasteiger partial charge on any atom is -0.351 e. The van der Waals surface area contributed by atoms with Gasteiger partial charge in [-0.25, -0.2) is 17.8 Å². The van der Waals surface area contributed by atoms with Crippen molar-refractivity contribution in [3.63, 3.8) is 0 Å². The first-order valence-electron chi connectivity index (χ1n) is 9.06. The molecule has 0 radical (unpaired) electrons. The van der Waals surface area contributed by atoms with E-state index in [0.717, 1.165) is 11.3 Å². The summed E-state index contributed by atoms with van der Waals surface area (Å²) in [6, 6.07) is 7.14. The number of hydrogen-bond donors (Lipinski definition) is 1. The maximum Gasteiger partial charge on any atom is 0.253 e. The fourth-order valence-electron chi connectivity index (χ4n) is 3.39. The van der Waals surface area contributed by atoms with E-state index in [-0.39, 0.29) is 16.7 Å². The Balaban J connectivity index is 1.44. The maximum atomic E-state index is 14.4. The molecule has 1 aliphatic rings. The molecule has 1 unspecified atom stereocenters. The first-order valence-corrected chi connectivity index (χ1v) is 11.4. The van der Waals surface area contributed by atoms with Gasteiger partial charge in [0, 0.05) is 25.5 Å². The van der Waals surface area contributed by atoms with E-state index in [4.69, 9.17) is 0 Å². The number of aromatic nitrogens is 2. The van der Waals surface area contributed by atoms with E-state index in [1.54, 1.807) is 40.5 Å². The summed E-state index contributed by atoms with van der Waals surface area (Å²) in [7, 11) is -3.69. The van der Waals surface area contributed by atoms with Gasteiger partial charge in [-0.1, -0.05) is 12.1 Å². The smallest absolute Gasteiger partial charge is 0.253 e. The van der Waals surface area contributed by atoms with Crippen molar-refractivity contribution < 1.29 is 17.6 Å². The van der Waals surface area contributed by atoms with Gasteiger partial charge in [0.05, 0.1) is 12.0 Å². The molecule has 0 aliphatic carbocycles. The highest BCUT2D eigenvalue weighted by atomic mass is 32.2. The fourth-order valence-corrected chi connectivity index (χ4v) is 6.17. The summed E-state index contributed by atoms with van der Waals surface area (Å²) in [6.07, 6.45) is 5.79. The van der Waals surface area contributed by atoms with Crippen LogP contribution in [0.4, 0.5) is 4.39 Å². The Kier molecular flexibility index (Phi) is 5.48. The van der Waals surface area contributed by atoms with Crippen LogP contribution in [-0.2, 0) is 21.4 Å². The third kappa shape index (κ3) is 3.96. The van der Waals surface area contributed by atoms with Crippen LogP contribution in [0.1, 0.15) is 18.4 Å². The van der Waals surface area contributed by atoms with E-state index in [1.807, 2.05) is 0 Å². The summed E-state index contributed by atoms with van der Waals surface area (Å²) in [4.78, 5) is 16.6. The van der Waals surface area contributed by atoms with Crippen LogP contribution >= 0.6 is 11.3 Å². The Morgan fingerprint density at radius 3 is 2.90 bits per heavy atom. The van der Waals surface area contributed by atoms with Crippen molar-refractivity contribution in [1.29, 1.82) is 0 Å². The second-order valence-corrected chi connectivity index (χ2v) is 9.74. The van der Waals surface area contributed by atoms with Gasteiger partial charge < -0.3 is 9.88 Å². The summed E-state index contributed by atoms with van der Waals surface area (Å²) < 4.78 is 43.0. The summed E-state index contributed by atoms with van der Waals surface area (Å²) in [6.45, 7) is 0.426. The number of nitrogens with zero attached hydrogens (tertiary/aromatic N) is 3. The molecule has 29 heavy (non-hydrogen) atoms. The van der Waals surface area contributed by atoms with E-state index in [9.17, 15) is 17.6 Å². The molecule has 3 aromatic rings. The zero-order valence-electron chi connectivity index (χ0n) is 15.4. The van der Waals surface area contributed by atoms with Crippen molar-refractivity contribution in [3.05, 3.63) is 65.8 Å². The average molecular weight is 435 g/mol. The lowest BCUT2D eigenvalue weighted by atomic mass is 10.1. The topological polar surface area (TPSA) is 84.3 Å². The van der Waals surface area contributed by atoms with Crippen molar-refractivity contribution in [2.75, 3.05) is 6.54 Å². The van der Waals surface area contributed by atoms with Crippen LogP contribution in [0.25, 0.3) is 5.69 Å². The molecule has 1 saturated heterocycles. The van der Waals surface area contributed by atoms with Gasteiger partial charge in [-0.05, 0) is 42.0 Å². The second kappa shape index (κ2) is 8.05. The minimum absolute atomic E-state index is 0.114. The molecule has 7 nitrogen and oxygen atoms in total. The highest BCUT2D eigenvalue weighted by molar-refractivity contribution is 7.91. The number of imidazole rings is 1. The SMILES string of the molecule is O=C(NCc1ccc(-n2ccnc2)c(F)c1)C1CCCN1S(=O)(=O)c1cccs1. The van der Waals surface area contributed by atoms with Gasteiger partial charge in [0.1, 0.15) is 16.1 Å². The van der Waals surface area contributed by atoms with Crippen LogP contribution in [0.5, 0.6) is 0 Å². The van der Waals surface area contributed by atoms with E-state index >= 15 is 0 Å². The highest BCUT2D eigenvalue weighted by Crippen LogP contribution is 2.28. The first kappa shape index (κ1) is 19.7. The zero-order valence-corrected chi connectivity index (χ0v) is 17.0. The molecule has 10 heteroatoms. The third-order valence-corrected chi connectivity index (χ3v) is 8.11. The monoisotopic (exact) mass is 434 g/mol. The van der Waals surface area contributed by atoms with Crippen LogP contribution in [-0.4, -0.2) is 40.8 Å². The molecule has 3 heterocycles. The second-order valence-electron chi connectivity index (χ2n) is 6.68. The molecule has 1 fully saturated rings. The lowest BCUT2D eigenvalue weighted by Crippen LogP contribution is -2.45. The van der Waals surface area contributed by atoms with Crippen molar-refractivity contribution in [1.82, 2.24) is 19.2 Å². The quantitative estimate of drug-likeness (QED) is 0.646. The number of benzene rings is 1. The largest absolute Gasteiger partial charge is 0.351 e. The molecule has 1 atom stereocenters. The molecule has 1 aromatic carbocycles. The minimum atomic E-state index is -3.69. The number of halogens is 1.